The summed E-state index contributed by atoms with van der Waals surface area (Å²) in [7, 11) is 0. The monoisotopic (exact) mass is 558 g/mol. The Morgan fingerprint density at radius 2 is 0.816 bits per heavy atom. The fourth-order valence-electron chi connectivity index (χ4n) is 1.93. The zero-order valence-electron chi connectivity index (χ0n) is 22.1. The van der Waals surface area contributed by atoms with E-state index in [1.807, 2.05) is 0 Å². The molecule has 0 aliphatic carbocycles. The van der Waals surface area contributed by atoms with Gasteiger partial charge in [-0.05, 0) is 0 Å². The molecule has 1 aliphatic heterocycles. The van der Waals surface area contributed by atoms with Crippen molar-refractivity contribution < 1.29 is 82.5 Å². The zero-order chi connectivity index (χ0) is 31.2. The topological polar surface area (TPSA) is 264 Å². The summed E-state index contributed by atoms with van der Waals surface area (Å²) in [4.78, 5) is 80.4. The fourth-order valence-corrected chi connectivity index (χ4v) is 1.93. The van der Waals surface area contributed by atoms with Crippen molar-refractivity contribution in [1.82, 2.24) is 0 Å². The van der Waals surface area contributed by atoms with Crippen LogP contribution in [0.2, 0.25) is 0 Å². The molecule has 220 valence electrons. The van der Waals surface area contributed by atoms with Crippen LogP contribution in [0.1, 0.15) is 55.4 Å². The number of carboxylic acids is 4. The van der Waals surface area contributed by atoms with Crippen molar-refractivity contribution in [2.45, 2.75) is 80.0 Å². The second-order valence-corrected chi connectivity index (χ2v) is 6.68. The summed E-state index contributed by atoms with van der Waals surface area (Å²) in [6, 6.07) is 0. The van der Waals surface area contributed by atoms with Gasteiger partial charge in [0.15, 0.2) is 6.10 Å². The molecular formula is C21H34O17. The quantitative estimate of drug-likeness (QED) is 0.257. The van der Waals surface area contributed by atoms with Crippen molar-refractivity contribution in [3.05, 3.63) is 0 Å². The van der Waals surface area contributed by atoms with Crippen molar-refractivity contribution in [2.75, 3.05) is 6.61 Å². The maximum absolute atomic E-state index is 11.2. The minimum absolute atomic E-state index is 0.247. The van der Waals surface area contributed by atoms with Gasteiger partial charge < -0.3 is 44.1 Å². The van der Waals surface area contributed by atoms with Crippen molar-refractivity contribution in [1.29, 1.82) is 0 Å². The van der Waals surface area contributed by atoms with E-state index in [-0.39, 0.29) is 6.61 Å². The van der Waals surface area contributed by atoms with Gasteiger partial charge in [0.2, 0.25) is 12.4 Å². The lowest BCUT2D eigenvalue weighted by Crippen LogP contribution is -2.42. The van der Waals surface area contributed by atoms with Crippen LogP contribution in [0.25, 0.3) is 0 Å². The molecule has 38 heavy (non-hydrogen) atoms. The molecule has 0 aromatic heterocycles. The maximum atomic E-state index is 11.2. The summed E-state index contributed by atoms with van der Waals surface area (Å²) >= 11 is 0. The van der Waals surface area contributed by atoms with E-state index >= 15 is 0 Å². The van der Waals surface area contributed by atoms with Gasteiger partial charge in [-0.25, -0.2) is 0 Å². The van der Waals surface area contributed by atoms with Gasteiger partial charge in [0.25, 0.3) is 23.9 Å². The molecule has 4 atom stereocenters. The third-order valence-electron chi connectivity index (χ3n) is 2.60. The largest absolute Gasteiger partial charge is 0.481 e. The summed E-state index contributed by atoms with van der Waals surface area (Å²) in [5, 5.41) is 29.7. The van der Waals surface area contributed by atoms with Gasteiger partial charge in [-0.1, -0.05) is 0 Å². The predicted octanol–water partition coefficient (Wildman–Crippen LogP) is 0.0645. The molecular weight excluding hydrogens is 524 g/mol. The molecule has 0 amide bonds. The molecule has 1 heterocycles. The Labute approximate surface area is 217 Å². The molecule has 0 bridgehead atoms. The standard InChI is InChI=1S/C13H18O9.4C2H4O2/c1-6(14)18-5-10-11(19-7(2)15)12(20-8(3)16)13(22-10)21-9(4)17;4*1-2(3)4/h10-13H,5H2,1-4H3;4*1H3,(H,3,4)/t10-,11-,12-,13-;;;;/m1..../s1. The van der Waals surface area contributed by atoms with Gasteiger partial charge in [-0.3, -0.25) is 38.4 Å². The third-order valence-corrected chi connectivity index (χ3v) is 2.60. The third kappa shape index (κ3) is 36.3. The molecule has 0 aromatic rings. The van der Waals surface area contributed by atoms with Gasteiger partial charge >= 0.3 is 23.9 Å². The molecule has 1 fully saturated rings. The van der Waals surface area contributed by atoms with E-state index < -0.39 is 72.4 Å². The lowest BCUT2D eigenvalue weighted by Gasteiger charge is -2.22. The molecule has 17 heteroatoms. The van der Waals surface area contributed by atoms with E-state index in [4.69, 9.17) is 63.3 Å². The van der Waals surface area contributed by atoms with Crippen molar-refractivity contribution in [3.63, 3.8) is 0 Å². The van der Waals surface area contributed by atoms with Crippen molar-refractivity contribution in [2.24, 2.45) is 0 Å². The number of rotatable bonds is 5. The summed E-state index contributed by atoms with van der Waals surface area (Å²) < 4.78 is 25.2. The Morgan fingerprint density at radius 1 is 0.526 bits per heavy atom. The summed E-state index contributed by atoms with van der Waals surface area (Å²) in [6.45, 7) is 8.74. The van der Waals surface area contributed by atoms with E-state index in [0.717, 1.165) is 48.5 Å². The highest BCUT2D eigenvalue weighted by Gasteiger charge is 2.51. The first-order chi connectivity index (χ1) is 17.1. The highest BCUT2D eigenvalue weighted by Crippen LogP contribution is 2.28. The summed E-state index contributed by atoms with van der Waals surface area (Å²) in [5.41, 5.74) is 0. The lowest BCUT2D eigenvalue weighted by molar-refractivity contribution is -0.197. The normalized spacial score (nSPS) is 18.2. The highest BCUT2D eigenvalue weighted by atomic mass is 16.8. The van der Waals surface area contributed by atoms with Crippen LogP contribution in [-0.2, 0) is 62.0 Å². The molecule has 0 unspecified atom stereocenters. The van der Waals surface area contributed by atoms with Gasteiger partial charge in [0, 0.05) is 55.4 Å². The molecule has 0 aromatic carbocycles. The average Bonchev–Trinajstić information content (AvgIpc) is 2.93. The Kier molecular flexibility index (Phi) is 24.9. The first-order valence-corrected chi connectivity index (χ1v) is 10.2. The second kappa shape index (κ2) is 23.1. The molecule has 0 saturated carbocycles. The van der Waals surface area contributed by atoms with E-state index in [0.29, 0.717) is 0 Å². The maximum Gasteiger partial charge on any atom is 0.305 e. The van der Waals surface area contributed by atoms with Crippen LogP contribution in [0, 0.1) is 0 Å². The van der Waals surface area contributed by atoms with Crippen LogP contribution in [0.15, 0.2) is 0 Å². The van der Waals surface area contributed by atoms with E-state index in [9.17, 15) is 19.2 Å². The van der Waals surface area contributed by atoms with Gasteiger partial charge in [0.1, 0.15) is 12.7 Å². The van der Waals surface area contributed by atoms with Crippen molar-refractivity contribution in [3.8, 4) is 0 Å². The smallest absolute Gasteiger partial charge is 0.305 e. The van der Waals surface area contributed by atoms with E-state index in [1.54, 1.807) is 0 Å². The molecule has 1 saturated heterocycles. The number of esters is 4. The molecule has 0 radical (unpaired) electrons. The first kappa shape index (κ1) is 40.9. The number of ether oxygens (including phenoxy) is 5. The van der Waals surface area contributed by atoms with Gasteiger partial charge in [0.05, 0.1) is 0 Å². The summed E-state index contributed by atoms with van der Waals surface area (Å²) in [6.07, 6.45) is -4.40. The number of carbonyl (C=O) groups excluding carboxylic acids is 4. The summed E-state index contributed by atoms with van der Waals surface area (Å²) in [5.74, 6) is -5.89. The lowest BCUT2D eigenvalue weighted by atomic mass is 10.1. The SMILES string of the molecule is CC(=O)O.CC(=O)O.CC(=O)O.CC(=O)O.CC(=O)OC[C@H]1O[C@@H](OC(C)=O)[C@H](OC(C)=O)[C@@H]1OC(C)=O. The minimum Gasteiger partial charge on any atom is -0.481 e. The zero-order valence-corrected chi connectivity index (χ0v) is 22.1. The number of hydrogen-bond donors (Lipinski definition) is 4. The first-order valence-electron chi connectivity index (χ1n) is 10.2. The Bertz CT molecular complexity index is 740. The van der Waals surface area contributed by atoms with Crippen LogP contribution < -0.4 is 0 Å². The van der Waals surface area contributed by atoms with Gasteiger partial charge in [-0.2, -0.15) is 0 Å². The van der Waals surface area contributed by atoms with Crippen LogP contribution in [0.4, 0.5) is 0 Å². The Morgan fingerprint density at radius 3 is 1.08 bits per heavy atom. The molecule has 1 aliphatic rings. The molecule has 1 rings (SSSR count). The van der Waals surface area contributed by atoms with Crippen LogP contribution in [0.5, 0.6) is 0 Å². The fraction of sp³-hybridized carbons (Fsp3) is 0.619. The number of aliphatic carboxylic acids is 4. The van der Waals surface area contributed by atoms with Gasteiger partial charge in [-0.15, -0.1) is 0 Å². The van der Waals surface area contributed by atoms with Crippen molar-refractivity contribution >= 4 is 47.8 Å². The molecule has 17 nitrogen and oxygen atoms in total. The van der Waals surface area contributed by atoms with Crippen LogP contribution in [-0.4, -0.2) is 99.4 Å². The van der Waals surface area contributed by atoms with E-state index in [1.165, 1.54) is 6.92 Å². The molecule has 4 N–H and O–H groups in total. The number of carboxylic acid groups (broad SMARTS) is 4. The van der Waals surface area contributed by atoms with Crippen LogP contribution >= 0.6 is 0 Å². The minimum atomic E-state index is -1.26. The number of carbonyl (C=O) groups is 8. The van der Waals surface area contributed by atoms with Crippen LogP contribution in [0.3, 0.4) is 0 Å². The predicted molar refractivity (Wildman–Crippen MR) is 121 cm³/mol. The molecule has 0 spiro atoms. The Balaban J connectivity index is -0.000000294. The second-order valence-electron chi connectivity index (χ2n) is 6.68. The van der Waals surface area contributed by atoms with E-state index in [2.05, 4.69) is 0 Å². The number of hydrogen-bond acceptors (Lipinski definition) is 13. The average molecular weight is 558 g/mol. The highest BCUT2D eigenvalue weighted by molar-refractivity contribution is 5.68. The Hall–Kier alpha value is -4.28.